The van der Waals surface area contributed by atoms with Gasteiger partial charge in [-0.05, 0) is 72.8 Å². The first-order valence-electron chi connectivity index (χ1n) is 9.68. The van der Waals surface area contributed by atoms with Crippen molar-refractivity contribution in [2.75, 3.05) is 6.67 Å². The third kappa shape index (κ3) is 5.22. The van der Waals surface area contributed by atoms with Gasteiger partial charge in [-0.15, -0.1) is 0 Å². The Bertz CT molecular complexity index is 820. The van der Waals surface area contributed by atoms with Gasteiger partial charge in [0.15, 0.2) is 0 Å². The van der Waals surface area contributed by atoms with E-state index in [4.69, 9.17) is 0 Å². The highest BCUT2D eigenvalue weighted by Gasteiger charge is 2.38. The van der Waals surface area contributed by atoms with Crippen molar-refractivity contribution < 1.29 is 26.3 Å². The van der Waals surface area contributed by atoms with Gasteiger partial charge in [-0.25, -0.2) is 8.78 Å². The zero-order valence-electron chi connectivity index (χ0n) is 15.8. The van der Waals surface area contributed by atoms with E-state index < -0.39 is 23.4 Å². The Kier molecular flexibility index (Phi) is 6.70. The zero-order chi connectivity index (χ0) is 21.0. The molecule has 0 atom stereocenters. The summed E-state index contributed by atoms with van der Waals surface area (Å²) in [5.41, 5.74) is -0.229. The highest BCUT2D eigenvalue weighted by Crippen LogP contribution is 2.38. The zero-order valence-corrected chi connectivity index (χ0v) is 15.8. The van der Waals surface area contributed by atoms with Gasteiger partial charge in [0.25, 0.3) is 0 Å². The summed E-state index contributed by atoms with van der Waals surface area (Å²) in [6, 6.07) is 8.54. The predicted octanol–water partition coefficient (Wildman–Crippen LogP) is 7.84. The molecule has 0 unspecified atom stereocenters. The molecule has 1 fully saturated rings. The fraction of sp³-hybridized carbons (Fsp3) is 0.391. The molecule has 0 aliphatic heterocycles. The molecule has 0 bridgehead atoms. The van der Waals surface area contributed by atoms with E-state index in [-0.39, 0.29) is 12.2 Å². The standard InChI is InChI=1S/C23H22F6/c24-12-2-1-3-15-4-6-16(7-5-15)17-8-10-18(11-9-17)19-13-20(25)22(21(26)14-19)23(27,28)29/h1,3,8-11,13-16H,2,4-7,12H2/t15-,16-. The van der Waals surface area contributed by atoms with Crippen molar-refractivity contribution >= 4 is 0 Å². The first-order chi connectivity index (χ1) is 13.8. The average molecular weight is 412 g/mol. The monoisotopic (exact) mass is 412 g/mol. The van der Waals surface area contributed by atoms with E-state index in [1.807, 2.05) is 18.2 Å². The molecule has 1 aliphatic carbocycles. The third-order valence-corrected chi connectivity index (χ3v) is 5.50. The van der Waals surface area contributed by atoms with Crippen LogP contribution in [0.15, 0.2) is 48.6 Å². The van der Waals surface area contributed by atoms with Gasteiger partial charge in [0, 0.05) is 0 Å². The van der Waals surface area contributed by atoms with Crippen molar-refractivity contribution in [1.29, 1.82) is 0 Å². The molecule has 0 saturated heterocycles. The first-order valence-corrected chi connectivity index (χ1v) is 9.68. The maximum atomic E-state index is 13.8. The van der Waals surface area contributed by atoms with Gasteiger partial charge >= 0.3 is 6.18 Å². The van der Waals surface area contributed by atoms with Gasteiger partial charge in [0.1, 0.15) is 17.2 Å². The average Bonchev–Trinajstić information content (AvgIpc) is 2.67. The van der Waals surface area contributed by atoms with Crippen molar-refractivity contribution in [3.63, 3.8) is 0 Å². The number of hydrogen-bond donors (Lipinski definition) is 0. The SMILES string of the molecule is FCCC=C[C@H]1CC[C@H](c2ccc(-c3cc(F)c(C(F)(F)F)c(F)c3)cc2)CC1. The third-order valence-electron chi connectivity index (χ3n) is 5.50. The lowest BCUT2D eigenvalue weighted by molar-refractivity contribution is -0.142. The van der Waals surface area contributed by atoms with Crippen molar-refractivity contribution in [2.24, 2.45) is 5.92 Å². The summed E-state index contributed by atoms with van der Waals surface area (Å²) in [7, 11) is 0. The molecule has 2 aromatic carbocycles. The maximum absolute atomic E-state index is 13.8. The Labute approximate surface area is 166 Å². The van der Waals surface area contributed by atoms with Gasteiger partial charge < -0.3 is 0 Å². The van der Waals surface area contributed by atoms with Crippen LogP contribution in [0.5, 0.6) is 0 Å². The molecule has 156 valence electrons. The lowest BCUT2D eigenvalue weighted by atomic mass is 9.78. The van der Waals surface area contributed by atoms with Crippen LogP contribution in [0.2, 0.25) is 0 Å². The van der Waals surface area contributed by atoms with Gasteiger partial charge in [-0.3, -0.25) is 4.39 Å². The number of hydrogen-bond acceptors (Lipinski definition) is 0. The lowest BCUT2D eigenvalue weighted by Crippen LogP contribution is -2.12. The van der Waals surface area contributed by atoms with Crippen molar-refractivity contribution in [3.05, 3.63) is 71.3 Å². The number of allylic oxidation sites excluding steroid dienone is 2. The summed E-state index contributed by atoms with van der Waals surface area (Å²) in [6.45, 7) is -0.342. The van der Waals surface area contributed by atoms with Crippen LogP contribution in [0, 0.1) is 17.6 Å². The minimum absolute atomic E-state index is 0.0706. The molecule has 2 aromatic rings. The van der Waals surface area contributed by atoms with Crippen LogP contribution in [0.25, 0.3) is 11.1 Å². The minimum Gasteiger partial charge on any atom is -0.251 e. The van der Waals surface area contributed by atoms with E-state index in [2.05, 4.69) is 6.08 Å². The van der Waals surface area contributed by atoms with Crippen LogP contribution in [-0.2, 0) is 6.18 Å². The topological polar surface area (TPSA) is 0 Å². The van der Waals surface area contributed by atoms with Crippen molar-refractivity contribution in [3.8, 4) is 11.1 Å². The smallest absolute Gasteiger partial charge is 0.251 e. The maximum Gasteiger partial charge on any atom is 0.422 e. The number of halogens is 6. The van der Waals surface area contributed by atoms with E-state index in [0.717, 1.165) is 43.4 Å². The molecule has 0 nitrogen and oxygen atoms in total. The molecule has 6 heteroatoms. The molecule has 0 heterocycles. The lowest BCUT2D eigenvalue weighted by Gasteiger charge is -2.27. The largest absolute Gasteiger partial charge is 0.422 e. The Morgan fingerprint density at radius 2 is 1.45 bits per heavy atom. The van der Waals surface area contributed by atoms with E-state index in [9.17, 15) is 26.3 Å². The Balaban J connectivity index is 1.70. The minimum atomic E-state index is -5.07. The van der Waals surface area contributed by atoms with Crippen LogP contribution in [0.4, 0.5) is 26.3 Å². The normalized spacial score (nSPS) is 20.3. The van der Waals surface area contributed by atoms with Gasteiger partial charge in [0.2, 0.25) is 0 Å². The van der Waals surface area contributed by atoms with Gasteiger partial charge in [-0.1, -0.05) is 36.4 Å². The quantitative estimate of drug-likeness (QED) is 0.347. The molecular formula is C23H22F6. The molecule has 0 amide bonds. The molecule has 3 rings (SSSR count). The predicted molar refractivity (Wildman–Crippen MR) is 101 cm³/mol. The van der Waals surface area contributed by atoms with Gasteiger partial charge in [-0.2, -0.15) is 13.2 Å². The Morgan fingerprint density at radius 1 is 0.862 bits per heavy atom. The summed E-state index contributed by atoms with van der Waals surface area (Å²) in [5, 5.41) is 0. The molecule has 0 spiro atoms. The van der Waals surface area contributed by atoms with E-state index in [1.54, 1.807) is 12.1 Å². The number of alkyl halides is 4. The molecule has 1 aliphatic rings. The summed E-state index contributed by atoms with van der Waals surface area (Å²) in [6.07, 6.45) is 3.38. The second-order valence-corrected chi connectivity index (χ2v) is 7.45. The van der Waals surface area contributed by atoms with E-state index in [0.29, 0.717) is 23.8 Å². The van der Waals surface area contributed by atoms with Crippen molar-refractivity contribution in [1.82, 2.24) is 0 Å². The fourth-order valence-corrected chi connectivity index (χ4v) is 3.95. The number of rotatable bonds is 5. The highest BCUT2D eigenvalue weighted by molar-refractivity contribution is 5.64. The summed E-state index contributed by atoms with van der Waals surface area (Å²) in [4.78, 5) is 0. The molecule has 0 radical (unpaired) electrons. The molecule has 29 heavy (non-hydrogen) atoms. The molecule has 0 aromatic heterocycles. The molecular weight excluding hydrogens is 390 g/mol. The Morgan fingerprint density at radius 3 is 1.97 bits per heavy atom. The van der Waals surface area contributed by atoms with E-state index >= 15 is 0 Å². The second kappa shape index (κ2) is 9.06. The van der Waals surface area contributed by atoms with Crippen LogP contribution in [0.3, 0.4) is 0 Å². The van der Waals surface area contributed by atoms with Crippen LogP contribution in [-0.4, -0.2) is 6.67 Å². The Hall–Kier alpha value is -2.24. The van der Waals surface area contributed by atoms with Crippen LogP contribution >= 0.6 is 0 Å². The molecule has 0 N–H and O–H groups in total. The van der Waals surface area contributed by atoms with Crippen molar-refractivity contribution in [2.45, 2.75) is 44.2 Å². The van der Waals surface area contributed by atoms with E-state index in [1.165, 1.54) is 0 Å². The summed E-state index contributed by atoms with van der Waals surface area (Å²) < 4.78 is 78.0. The second-order valence-electron chi connectivity index (χ2n) is 7.45. The molecule has 1 saturated carbocycles. The van der Waals surface area contributed by atoms with Crippen LogP contribution in [0.1, 0.15) is 49.1 Å². The van der Waals surface area contributed by atoms with Gasteiger partial charge in [0.05, 0.1) is 6.67 Å². The number of benzene rings is 2. The first kappa shape index (κ1) is 21.5. The highest BCUT2D eigenvalue weighted by atomic mass is 19.4. The van der Waals surface area contributed by atoms with Crippen LogP contribution < -0.4 is 0 Å². The summed E-state index contributed by atoms with van der Waals surface area (Å²) in [5.74, 6) is -2.39. The summed E-state index contributed by atoms with van der Waals surface area (Å²) >= 11 is 0. The fourth-order valence-electron chi connectivity index (χ4n) is 3.95.